The van der Waals surface area contributed by atoms with Crippen LogP contribution in [-0.2, 0) is 5.41 Å². The maximum atomic E-state index is 12.5. The lowest BCUT2D eigenvalue weighted by molar-refractivity contribution is 0.104. The van der Waals surface area contributed by atoms with Crippen molar-refractivity contribution in [2.24, 2.45) is 0 Å². The third-order valence-corrected chi connectivity index (χ3v) is 5.21. The Kier molecular flexibility index (Phi) is 4.14. The van der Waals surface area contributed by atoms with Gasteiger partial charge in [0.1, 0.15) is 0 Å². The van der Waals surface area contributed by atoms with Gasteiger partial charge < -0.3 is 5.73 Å². The van der Waals surface area contributed by atoms with Crippen LogP contribution in [0.2, 0.25) is 10.0 Å². The van der Waals surface area contributed by atoms with E-state index in [-0.39, 0.29) is 16.2 Å². The summed E-state index contributed by atoms with van der Waals surface area (Å²) in [7, 11) is 0. The smallest absolute Gasteiger partial charge is 0.203 e. The first-order valence-electron chi connectivity index (χ1n) is 6.09. The molecule has 1 aromatic heterocycles. The topological polar surface area (TPSA) is 43.1 Å². The highest BCUT2D eigenvalue weighted by Crippen LogP contribution is 2.33. The molecule has 2 nitrogen and oxygen atoms in total. The van der Waals surface area contributed by atoms with Crippen LogP contribution in [0.5, 0.6) is 0 Å². The molecule has 0 radical (unpaired) electrons. The van der Waals surface area contributed by atoms with Crippen molar-refractivity contribution in [3.63, 3.8) is 0 Å². The summed E-state index contributed by atoms with van der Waals surface area (Å²) in [5.41, 5.74) is 6.55. The van der Waals surface area contributed by atoms with Crippen molar-refractivity contribution in [1.29, 1.82) is 0 Å². The van der Waals surface area contributed by atoms with E-state index < -0.39 is 0 Å². The fourth-order valence-electron chi connectivity index (χ4n) is 1.75. The molecule has 106 valence electrons. The molecule has 0 fully saturated rings. The lowest BCUT2D eigenvalue weighted by atomic mass is 9.95. The van der Waals surface area contributed by atoms with E-state index in [1.54, 1.807) is 12.1 Å². The minimum atomic E-state index is -0.0873. The molecule has 0 amide bonds. The van der Waals surface area contributed by atoms with Crippen molar-refractivity contribution in [2.45, 2.75) is 26.2 Å². The van der Waals surface area contributed by atoms with Crippen molar-refractivity contribution < 1.29 is 4.79 Å². The summed E-state index contributed by atoms with van der Waals surface area (Å²) in [5.74, 6) is -0.0873. The number of halogens is 2. The molecule has 2 aromatic rings. The summed E-state index contributed by atoms with van der Waals surface area (Å²) in [6.07, 6.45) is 0. The van der Waals surface area contributed by atoms with E-state index >= 15 is 0 Å². The molecule has 0 saturated carbocycles. The molecule has 0 aliphatic rings. The quantitative estimate of drug-likeness (QED) is 0.611. The Hall–Kier alpha value is -1.03. The molecule has 0 aliphatic heterocycles. The summed E-state index contributed by atoms with van der Waals surface area (Å²) in [6, 6.07) is 6.94. The molecule has 2 N–H and O–H groups in total. The summed E-state index contributed by atoms with van der Waals surface area (Å²) in [6.45, 7) is 6.35. The van der Waals surface area contributed by atoms with E-state index in [1.807, 2.05) is 12.1 Å². The zero-order chi connectivity index (χ0) is 15.1. The largest absolute Gasteiger partial charge is 0.397 e. The van der Waals surface area contributed by atoms with Gasteiger partial charge in [0.15, 0.2) is 0 Å². The fraction of sp³-hybridized carbons (Fsp3) is 0.267. The summed E-state index contributed by atoms with van der Waals surface area (Å²) in [5, 5.41) is 0.576. The highest BCUT2D eigenvalue weighted by Gasteiger charge is 2.20. The molecular weight excluding hydrogens is 313 g/mol. The number of carbonyl (C=O) groups excluding carboxylic acids is 1. The van der Waals surface area contributed by atoms with Crippen molar-refractivity contribution >= 4 is 46.0 Å². The van der Waals surface area contributed by atoms with E-state index in [4.69, 9.17) is 28.9 Å². The predicted molar refractivity (Wildman–Crippen MR) is 87.3 cm³/mol. The van der Waals surface area contributed by atoms with Gasteiger partial charge in [-0.05, 0) is 29.7 Å². The summed E-state index contributed by atoms with van der Waals surface area (Å²) in [4.78, 5) is 14.3. The number of hydrogen-bond acceptors (Lipinski definition) is 3. The normalized spacial score (nSPS) is 11.7. The molecule has 20 heavy (non-hydrogen) atoms. The number of anilines is 1. The Balaban J connectivity index is 2.39. The third-order valence-electron chi connectivity index (χ3n) is 2.89. The molecule has 0 saturated heterocycles. The molecule has 0 unspecified atom stereocenters. The number of hydrogen-bond donors (Lipinski definition) is 1. The van der Waals surface area contributed by atoms with Crippen molar-refractivity contribution in [3.05, 3.63) is 49.6 Å². The maximum absolute atomic E-state index is 12.5. The Morgan fingerprint density at radius 1 is 1.20 bits per heavy atom. The molecule has 0 aliphatic carbocycles. The minimum Gasteiger partial charge on any atom is -0.397 e. The number of nitrogens with two attached hydrogens (primary N) is 1. The van der Waals surface area contributed by atoms with E-state index in [1.165, 1.54) is 11.3 Å². The van der Waals surface area contributed by atoms with Crippen LogP contribution in [0.4, 0.5) is 5.69 Å². The summed E-state index contributed by atoms with van der Waals surface area (Å²) >= 11 is 13.4. The average molecular weight is 328 g/mol. The molecule has 0 bridgehead atoms. The second kappa shape index (κ2) is 5.40. The third kappa shape index (κ3) is 3.00. The fourth-order valence-corrected chi connectivity index (χ4v) is 3.11. The van der Waals surface area contributed by atoms with Crippen LogP contribution in [-0.4, -0.2) is 5.78 Å². The maximum Gasteiger partial charge on any atom is 0.203 e. The number of rotatable bonds is 2. The van der Waals surface area contributed by atoms with Gasteiger partial charge in [0, 0.05) is 10.4 Å². The number of benzene rings is 1. The standard InChI is InChI=1S/C15H15Cl2NOS/c1-15(2,3)12-5-4-11(20-12)14(19)8-6-9(16)13(17)10(18)7-8/h4-7H,18H2,1-3H3. The Bertz CT molecular complexity index is 648. The number of thiophene rings is 1. The van der Waals surface area contributed by atoms with Gasteiger partial charge in [-0.3, -0.25) is 4.79 Å². The average Bonchev–Trinajstić information content (AvgIpc) is 2.83. The van der Waals surface area contributed by atoms with E-state index in [0.29, 0.717) is 21.2 Å². The summed E-state index contributed by atoms with van der Waals surface area (Å²) < 4.78 is 0. The molecule has 1 heterocycles. The molecular formula is C15H15Cl2NOS. The van der Waals surface area contributed by atoms with Crippen molar-refractivity contribution in [2.75, 3.05) is 5.73 Å². The van der Waals surface area contributed by atoms with Gasteiger partial charge in [0.25, 0.3) is 0 Å². The van der Waals surface area contributed by atoms with E-state index in [2.05, 4.69) is 20.8 Å². The lowest BCUT2D eigenvalue weighted by Crippen LogP contribution is -2.08. The Labute approximate surface area is 132 Å². The van der Waals surface area contributed by atoms with E-state index in [9.17, 15) is 4.79 Å². The molecule has 0 spiro atoms. The second-order valence-corrected chi connectivity index (χ2v) is 7.47. The van der Waals surface area contributed by atoms with Gasteiger partial charge in [-0.25, -0.2) is 0 Å². The highest BCUT2D eigenvalue weighted by atomic mass is 35.5. The van der Waals surface area contributed by atoms with Gasteiger partial charge in [-0.15, -0.1) is 11.3 Å². The van der Waals surface area contributed by atoms with Gasteiger partial charge in [-0.2, -0.15) is 0 Å². The van der Waals surface area contributed by atoms with Crippen LogP contribution in [0, 0.1) is 0 Å². The van der Waals surface area contributed by atoms with Crippen LogP contribution < -0.4 is 5.73 Å². The molecule has 2 rings (SSSR count). The van der Waals surface area contributed by atoms with Gasteiger partial charge in [-0.1, -0.05) is 44.0 Å². The van der Waals surface area contributed by atoms with Crippen LogP contribution in [0.1, 0.15) is 40.9 Å². The molecule has 5 heteroatoms. The number of ketones is 1. The van der Waals surface area contributed by atoms with Gasteiger partial charge in [0.05, 0.1) is 20.6 Å². The highest BCUT2D eigenvalue weighted by molar-refractivity contribution is 7.14. The molecule has 0 atom stereocenters. The van der Waals surface area contributed by atoms with Crippen LogP contribution in [0.15, 0.2) is 24.3 Å². The zero-order valence-corrected chi connectivity index (χ0v) is 13.8. The molecule has 1 aromatic carbocycles. The van der Waals surface area contributed by atoms with Crippen LogP contribution in [0.3, 0.4) is 0 Å². The minimum absolute atomic E-state index is 0.0276. The van der Waals surface area contributed by atoms with Crippen molar-refractivity contribution in [1.82, 2.24) is 0 Å². The lowest BCUT2D eigenvalue weighted by Gasteiger charge is -2.15. The van der Waals surface area contributed by atoms with Gasteiger partial charge >= 0.3 is 0 Å². The number of nitrogen functional groups attached to an aromatic ring is 1. The van der Waals surface area contributed by atoms with Crippen molar-refractivity contribution in [3.8, 4) is 0 Å². The first-order valence-corrected chi connectivity index (χ1v) is 7.67. The first-order chi connectivity index (χ1) is 9.20. The SMILES string of the molecule is CC(C)(C)c1ccc(C(=O)c2cc(N)c(Cl)c(Cl)c2)s1. The van der Waals surface area contributed by atoms with Crippen LogP contribution in [0.25, 0.3) is 0 Å². The predicted octanol–water partition coefficient (Wildman–Crippen LogP) is 5.17. The Morgan fingerprint density at radius 2 is 1.85 bits per heavy atom. The Morgan fingerprint density at radius 3 is 2.35 bits per heavy atom. The number of carbonyl (C=O) groups is 1. The monoisotopic (exact) mass is 327 g/mol. The van der Waals surface area contributed by atoms with Gasteiger partial charge in [0.2, 0.25) is 5.78 Å². The first kappa shape index (κ1) is 15.4. The second-order valence-electron chi connectivity index (χ2n) is 5.60. The van der Waals surface area contributed by atoms with E-state index in [0.717, 1.165) is 4.88 Å². The zero-order valence-electron chi connectivity index (χ0n) is 11.5. The van der Waals surface area contributed by atoms with Crippen LogP contribution >= 0.6 is 34.5 Å².